The third-order valence-corrected chi connectivity index (χ3v) is 1.98. The molecule has 0 aromatic carbocycles. The highest BCUT2D eigenvalue weighted by molar-refractivity contribution is 5.31. The lowest BCUT2D eigenvalue weighted by Crippen LogP contribution is -2.06. The molecule has 13 heavy (non-hydrogen) atoms. The van der Waals surface area contributed by atoms with Gasteiger partial charge in [0.1, 0.15) is 0 Å². The van der Waals surface area contributed by atoms with Crippen molar-refractivity contribution in [3.05, 3.63) is 29.8 Å². The van der Waals surface area contributed by atoms with Crippen molar-refractivity contribution in [3.63, 3.8) is 0 Å². The number of fused-ring (bicyclic) bond motifs is 1. The first kappa shape index (κ1) is 8.19. The summed E-state index contributed by atoms with van der Waals surface area (Å²) in [7, 11) is 1.92. The fourth-order valence-electron chi connectivity index (χ4n) is 1.32. The van der Waals surface area contributed by atoms with Crippen LogP contribution in [0.4, 0.5) is 0 Å². The molecule has 2 aromatic heterocycles. The molecule has 2 rings (SSSR count). The van der Waals surface area contributed by atoms with Gasteiger partial charge in [0.2, 0.25) is 5.78 Å². The molecular weight excluding hydrogens is 164 g/mol. The van der Waals surface area contributed by atoms with E-state index in [0.717, 1.165) is 23.6 Å². The molecule has 4 nitrogen and oxygen atoms in total. The van der Waals surface area contributed by atoms with Crippen LogP contribution >= 0.6 is 0 Å². The first-order valence-corrected chi connectivity index (χ1v) is 4.24. The number of nitrogens with one attached hydrogen (secondary N) is 1. The van der Waals surface area contributed by atoms with E-state index in [9.17, 15) is 0 Å². The van der Waals surface area contributed by atoms with E-state index in [4.69, 9.17) is 0 Å². The molecule has 0 bridgehead atoms. The molecule has 0 radical (unpaired) electrons. The second-order valence-corrected chi connectivity index (χ2v) is 3.06. The highest BCUT2D eigenvalue weighted by atomic mass is 15.1. The molecule has 0 atom stereocenters. The molecule has 0 saturated carbocycles. The summed E-state index contributed by atoms with van der Waals surface area (Å²) in [5.74, 6) is 0.761. The Balaban J connectivity index is 2.53. The van der Waals surface area contributed by atoms with Gasteiger partial charge in [0.25, 0.3) is 0 Å². The van der Waals surface area contributed by atoms with Crippen LogP contribution in [0.2, 0.25) is 0 Å². The SMILES string of the molecule is CNCc1cnc2ncc(C)n2c1. The minimum absolute atomic E-state index is 0.761. The summed E-state index contributed by atoms with van der Waals surface area (Å²) in [5, 5.41) is 3.09. The number of hydrogen-bond donors (Lipinski definition) is 1. The zero-order valence-electron chi connectivity index (χ0n) is 7.78. The summed E-state index contributed by atoms with van der Waals surface area (Å²) in [5.41, 5.74) is 2.27. The molecule has 1 N–H and O–H groups in total. The molecule has 4 heteroatoms. The van der Waals surface area contributed by atoms with Gasteiger partial charge in [-0.3, -0.25) is 4.40 Å². The lowest BCUT2D eigenvalue weighted by molar-refractivity contribution is 0.803. The summed E-state index contributed by atoms with van der Waals surface area (Å²) in [6.07, 6.45) is 5.73. The third kappa shape index (κ3) is 1.40. The lowest BCUT2D eigenvalue weighted by Gasteiger charge is -2.00. The number of rotatable bonds is 2. The van der Waals surface area contributed by atoms with Crippen LogP contribution in [0.5, 0.6) is 0 Å². The van der Waals surface area contributed by atoms with Gasteiger partial charge in [-0.05, 0) is 14.0 Å². The van der Waals surface area contributed by atoms with Crippen LogP contribution in [-0.2, 0) is 6.54 Å². The minimum atomic E-state index is 0.761. The van der Waals surface area contributed by atoms with Gasteiger partial charge < -0.3 is 5.32 Å². The Morgan fingerprint density at radius 1 is 1.38 bits per heavy atom. The highest BCUT2D eigenvalue weighted by Gasteiger charge is 2.00. The maximum atomic E-state index is 4.23. The number of nitrogens with zero attached hydrogens (tertiary/aromatic N) is 3. The Labute approximate surface area is 76.6 Å². The van der Waals surface area contributed by atoms with Gasteiger partial charge in [-0.15, -0.1) is 0 Å². The molecule has 68 valence electrons. The van der Waals surface area contributed by atoms with E-state index < -0.39 is 0 Å². The Morgan fingerprint density at radius 2 is 2.15 bits per heavy atom. The van der Waals surface area contributed by atoms with Crippen molar-refractivity contribution >= 4 is 5.78 Å². The second kappa shape index (κ2) is 3.14. The number of aromatic nitrogens is 3. The highest BCUT2D eigenvalue weighted by Crippen LogP contribution is 2.04. The standard InChI is InChI=1S/C9H12N4/c1-7-3-11-9-12-5-8(4-10-2)6-13(7)9/h3,5-6,10H,4H2,1-2H3. The van der Waals surface area contributed by atoms with Crippen molar-refractivity contribution in [3.8, 4) is 0 Å². The molecule has 2 heterocycles. The van der Waals surface area contributed by atoms with Crippen LogP contribution in [-0.4, -0.2) is 21.4 Å². The van der Waals surface area contributed by atoms with E-state index in [-0.39, 0.29) is 0 Å². The Kier molecular flexibility index (Phi) is 1.98. The van der Waals surface area contributed by atoms with Gasteiger partial charge in [-0.2, -0.15) is 0 Å². The van der Waals surface area contributed by atoms with Crippen LogP contribution in [0.15, 0.2) is 18.6 Å². The summed E-state index contributed by atoms with van der Waals surface area (Å²) >= 11 is 0. The Bertz CT molecular complexity index is 418. The fraction of sp³-hybridized carbons (Fsp3) is 0.333. The van der Waals surface area contributed by atoms with E-state index in [0.29, 0.717) is 0 Å². The van der Waals surface area contributed by atoms with E-state index in [1.165, 1.54) is 0 Å². The van der Waals surface area contributed by atoms with Crippen LogP contribution in [0.1, 0.15) is 11.3 Å². The quantitative estimate of drug-likeness (QED) is 0.734. The van der Waals surface area contributed by atoms with Crippen LogP contribution in [0.3, 0.4) is 0 Å². The zero-order chi connectivity index (χ0) is 9.26. The van der Waals surface area contributed by atoms with E-state index in [1.54, 1.807) is 0 Å². The van der Waals surface area contributed by atoms with E-state index >= 15 is 0 Å². The molecule has 0 aliphatic heterocycles. The van der Waals surface area contributed by atoms with Gasteiger partial charge in [-0.25, -0.2) is 9.97 Å². The first-order chi connectivity index (χ1) is 6.31. The molecule has 0 unspecified atom stereocenters. The molecule has 0 aliphatic carbocycles. The maximum absolute atomic E-state index is 4.23. The second-order valence-electron chi connectivity index (χ2n) is 3.06. The van der Waals surface area contributed by atoms with E-state index in [1.807, 2.05) is 30.8 Å². The molecule has 0 aliphatic rings. The van der Waals surface area contributed by atoms with Crippen LogP contribution < -0.4 is 5.32 Å². The van der Waals surface area contributed by atoms with Gasteiger partial charge in [-0.1, -0.05) is 0 Å². The van der Waals surface area contributed by atoms with Gasteiger partial charge in [0.15, 0.2) is 0 Å². The smallest absolute Gasteiger partial charge is 0.233 e. The molecule has 2 aromatic rings. The van der Waals surface area contributed by atoms with Gasteiger partial charge >= 0.3 is 0 Å². The molecule has 0 spiro atoms. The molecule has 0 fully saturated rings. The van der Waals surface area contributed by atoms with Crippen molar-refractivity contribution < 1.29 is 0 Å². The van der Waals surface area contributed by atoms with Gasteiger partial charge in [0, 0.05) is 30.2 Å². The lowest BCUT2D eigenvalue weighted by atomic mass is 10.3. The number of imidazole rings is 1. The fourth-order valence-corrected chi connectivity index (χ4v) is 1.32. The van der Waals surface area contributed by atoms with E-state index in [2.05, 4.69) is 21.5 Å². The largest absolute Gasteiger partial charge is 0.316 e. The predicted octanol–water partition coefficient (Wildman–Crippen LogP) is 0.757. The van der Waals surface area contributed by atoms with Crippen molar-refractivity contribution in [1.29, 1.82) is 0 Å². The normalized spacial score (nSPS) is 10.9. The molecule has 0 amide bonds. The van der Waals surface area contributed by atoms with Crippen LogP contribution in [0, 0.1) is 6.92 Å². The first-order valence-electron chi connectivity index (χ1n) is 4.24. The molecular formula is C9H12N4. The van der Waals surface area contributed by atoms with Crippen molar-refractivity contribution in [1.82, 2.24) is 19.7 Å². The topological polar surface area (TPSA) is 42.2 Å². The summed E-state index contributed by atoms with van der Waals surface area (Å²) < 4.78 is 1.99. The minimum Gasteiger partial charge on any atom is -0.316 e. The zero-order valence-corrected chi connectivity index (χ0v) is 7.78. The Hall–Kier alpha value is -1.42. The van der Waals surface area contributed by atoms with Crippen molar-refractivity contribution in [2.24, 2.45) is 0 Å². The number of hydrogen-bond acceptors (Lipinski definition) is 3. The van der Waals surface area contributed by atoms with Gasteiger partial charge in [0.05, 0.1) is 6.20 Å². The predicted molar refractivity (Wildman–Crippen MR) is 50.5 cm³/mol. The summed E-state index contributed by atoms with van der Waals surface area (Å²) in [6.45, 7) is 2.85. The molecule has 0 saturated heterocycles. The summed E-state index contributed by atoms with van der Waals surface area (Å²) in [6, 6.07) is 0. The van der Waals surface area contributed by atoms with Crippen LogP contribution in [0.25, 0.3) is 5.78 Å². The summed E-state index contributed by atoms with van der Waals surface area (Å²) in [4.78, 5) is 8.38. The number of aryl methyl sites for hydroxylation is 1. The average Bonchev–Trinajstić information content (AvgIpc) is 2.49. The average molecular weight is 176 g/mol. The monoisotopic (exact) mass is 176 g/mol. The van der Waals surface area contributed by atoms with Crippen molar-refractivity contribution in [2.45, 2.75) is 13.5 Å². The van der Waals surface area contributed by atoms with Crippen molar-refractivity contribution in [2.75, 3.05) is 7.05 Å². The Morgan fingerprint density at radius 3 is 2.92 bits per heavy atom. The third-order valence-electron chi connectivity index (χ3n) is 1.98. The maximum Gasteiger partial charge on any atom is 0.233 e.